The number of carbonyl (C=O) groups is 1. The van der Waals surface area contributed by atoms with Gasteiger partial charge < -0.3 is 9.47 Å². The summed E-state index contributed by atoms with van der Waals surface area (Å²) >= 11 is 1.49. The van der Waals surface area contributed by atoms with Gasteiger partial charge in [0.15, 0.2) is 16.6 Å². The summed E-state index contributed by atoms with van der Waals surface area (Å²) in [4.78, 5) is 16.8. The molecule has 0 unspecified atom stereocenters. The van der Waals surface area contributed by atoms with Crippen molar-refractivity contribution in [2.24, 2.45) is 0 Å². The number of ether oxygens (including phenoxy) is 2. The van der Waals surface area contributed by atoms with Crippen LogP contribution in [-0.4, -0.2) is 25.1 Å². The van der Waals surface area contributed by atoms with Gasteiger partial charge >= 0.3 is 0 Å². The lowest BCUT2D eigenvalue weighted by molar-refractivity contribution is -0.111. The van der Waals surface area contributed by atoms with E-state index in [0.717, 1.165) is 26.9 Å². The van der Waals surface area contributed by atoms with Crippen molar-refractivity contribution >= 4 is 38.7 Å². The maximum Gasteiger partial charge on any atom is 0.250 e. The first-order valence-electron chi connectivity index (χ1n) is 8.09. The highest BCUT2D eigenvalue weighted by Gasteiger charge is 2.10. The highest BCUT2D eigenvalue weighted by molar-refractivity contribution is 7.22. The Labute approximate surface area is 156 Å². The van der Waals surface area contributed by atoms with Crippen molar-refractivity contribution in [3.63, 3.8) is 0 Å². The van der Waals surface area contributed by atoms with Crippen molar-refractivity contribution in [2.45, 2.75) is 13.8 Å². The van der Waals surface area contributed by atoms with Gasteiger partial charge in [0.2, 0.25) is 5.91 Å². The second-order valence-electron chi connectivity index (χ2n) is 5.83. The van der Waals surface area contributed by atoms with Crippen LogP contribution in [0.25, 0.3) is 16.3 Å². The van der Waals surface area contributed by atoms with Crippen molar-refractivity contribution in [1.29, 1.82) is 0 Å². The Balaban J connectivity index is 1.76. The number of methoxy groups -OCH3 is 2. The second kappa shape index (κ2) is 7.58. The van der Waals surface area contributed by atoms with Crippen molar-refractivity contribution in [1.82, 2.24) is 4.98 Å². The van der Waals surface area contributed by atoms with Gasteiger partial charge in [-0.15, -0.1) is 0 Å². The zero-order valence-electron chi connectivity index (χ0n) is 15.1. The third kappa shape index (κ3) is 3.70. The molecule has 0 saturated carbocycles. The molecule has 134 valence electrons. The molecule has 0 saturated heterocycles. The summed E-state index contributed by atoms with van der Waals surface area (Å²) < 4.78 is 11.6. The third-order valence-corrected chi connectivity index (χ3v) is 5.11. The minimum Gasteiger partial charge on any atom is -0.493 e. The zero-order chi connectivity index (χ0) is 18.7. The van der Waals surface area contributed by atoms with Crippen LogP contribution in [0.5, 0.6) is 11.5 Å². The monoisotopic (exact) mass is 368 g/mol. The standard InChI is InChI=1S/C20H20N2O3S/c1-12-5-6-13(2)19-18(12)22-20(26-19)21-17(23)10-8-14-7-9-15(24-3)16(11-14)25-4/h5-11H,1-4H3,(H,21,22,23)/b10-8+. The molecule has 1 aromatic heterocycles. The van der Waals surface area contributed by atoms with Crippen LogP contribution in [0.1, 0.15) is 16.7 Å². The van der Waals surface area contributed by atoms with Crippen molar-refractivity contribution < 1.29 is 14.3 Å². The van der Waals surface area contributed by atoms with Crippen LogP contribution in [0.4, 0.5) is 5.13 Å². The number of anilines is 1. The predicted octanol–water partition coefficient (Wildman–Crippen LogP) is 4.58. The fourth-order valence-corrected chi connectivity index (χ4v) is 3.60. The minimum absolute atomic E-state index is 0.228. The molecule has 3 aromatic rings. The summed E-state index contributed by atoms with van der Waals surface area (Å²) in [6, 6.07) is 9.58. The van der Waals surface area contributed by atoms with Gasteiger partial charge in [0.05, 0.1) is 24.4 Å². The van der Waals surface area contributed by atoms with Gasteiger partial charge in [-0.3, -0.25) is 10.1 Å². The molecule has 1 amide bonds. The number of benzene rings is 2. The van der Waals surface area contributed by atoms with E-state index in [0.29, 0.717) is 16.6 Å². The van der Waals surface area contributed by atoms with Gasteiger partial charge in [-0.2, -0.15) is 0 Å². The van der Waals surface area contributed by atoms with E-state index < -0.39 is 0 Å². The highest BCUT2D eigenvalue weighted by Crippen LogP contribution is 2.31. The van der Waals surface area contributed by atoms with Crippen molar-refractivity contribution in [3.05, 3.63) is 53.1 Å². The molecular weight excluding hydrogens is 348 g/mol. The molecule has 0 aliphatic carbocycles. The highest BCUT2D eigenvalue weighted by atomic mass is 32.1. The Morgan fingerprint density at radius 2 is 1.81 bits per heavy atom. The van der Waals surface area contributed by atoms with Crippen molar-refractivity contribution in [3.8, 4) is 11.5 Å². The molecule has 1 heterocycles. The van der Waals surface area contributed by atoms with Gasteiger partial charge in [0, 0.05) is 6.08 Å². The largest absolute Gasteiger partial charge is 0.493 e. The Bertz CT molecular complexity index is 953. The van der Waals surface area contributed by atoms with E-state index in [-0.39, 0.29) is 5.91 Å². The summed E-state index contributed by atoms with van der Waals surface area (Å²) in [6.45, 7) is 4.06. The van der Waals surface area contributed by atoms with E-state index in [1.54, 1.807) is 26.4 Å². The second-order valence-corrected chi connectivity index (χ2v) is 6.83. The molecule has 0 fully saturated rings. The van der Waals surface area contributed by atoms with Crippen LogP contribution in [0.15, 0.2) is 36.4 Å². The molecule has 0 aliphatic heterocycles. The Morgan fingerprint density at radius 3 is 2.50 bits per heavy atom. The first kappa shape index (κ1) is 17.9. The van der Waals surface area contributed by atoms with Gasteiger partial charge in [0.1, 0.15) is 0 Å². The van der Waals surface area contributed by atoms with E-state index >= 15 is 0 Å². The number of aromatic nitrogens is 1. The molecule has 3 rings (SSSR count). The summed E-state index contributed by atoms with van der Waals surface area (Å²) in [5.74, 6) is 1.04. The van der Waals surface area contributed by atoms with E-state index in [2.05, 4.69) is 16.4 Å². The van der Waals surface area contributed by atoms with E-state index in [9.17, 15) is 4.79 Å². The molecule has 0 radical (unpaired) electrons. The number of hydrogen-bond acceptors (Lipinski definition) is 5. The lowest BCUT2D eigenvalue weighted by Crippen LogP contribution is -2.07. The normalized spacial score (nSPS) is 11.1. The number of carbonyl (C=O) groups excluding carboxylic acids is 1. The summed E-state index contributed by atoms with van der Waals surface area (Å²) in [5, 5.41) is 3.43. The molecule has 0 aliphatic rings. The summed E-state index contributed by atoms with van der Waals surface area (Å²) in [7, 11) is 3.16. The summed E-state index contributed by atoms with van der Waals surface area (Å²) in [6.07, 6.45) is 3.20. The van der Waals surface area contributed by atoms with E-state index in [4.69, 9.17) is 9.47 Å². The number of nitrogens with one attached hydrogen (secondary N) is 1. The van der Waals surface area contributed by atoms with Gasteiger partial charge in [-0.05, 0) is 48.7 Å². The first-order valence-corrected chi connectivity index (χ1v) is 8.91. The quantitative estimate of drug-likeness (QED) is 0.670. The number of amides is 1. The predicted molar refractivity (Wildman–Crippen MR) is 106 cm³/mol. The number of nitrogens with zero attached hydrogens (tertiary/aromatic N) is 1. The smallest absolute Gasteiger partial charge is 0.250 e. The van der Waals surface area contributed by atoms with Gasteiger partial charge in [0.25, 0.3) is 0 Å². The number of fused-ring (bicyclic) bond motifs is 1. The lowest BCUT2D eigenvalue weighted by Gasteiger charge is -2.07. The molecule has 2 aromatic carbocycles. The topological polar surface area (TPSA) is 60.5 Å². The van der Waals surface area contributed by atoms with Gasteiger partial charge in [-0.1, -0.05) is 29.5 Å². The average molecular weight is 368 g/mol. The molecule has 0 spiro atoms. The van der Waals surface area contributed by atoms with Crippen LogP contribution in [-0.2, 0) is 4.79 Å². The summed E-state index contributed by atoms with van der Waals surface area (Å²) in [5.41, 5.74) is 4.04. The average Bonchev–Trinajstić information content (AvgIpc) is 3.07. The Morgan fingerprint density at radius 1 is 1.08 bits per heavy atom. The molecule has 6 heteroatoms. The maximum atomic E-state index is 12.2. The SMILES string of the molecule is COc1ccc(/C=C/C(=O)Nc2nc3c(C)ccc(C)c3s2)cc1OC. The van der Waals surface area contributed by atoms with Crippen LogP contribution < -0.4 is 14.8 Å². The number of rotatable bonds is 5. The van der Waals surface area contributed by atoms with Crippen LogP contribution in [0.2, 0.25) is 0 Å². The molecule has 0 atom stereocenters. The van der Waals surface area contributed by atoms with Gasteiger partial charge in [-0.25, -0.2) is 4.98 Å². The number of thiazole rings is 1. The molecule has 5 nitrogen and oxygen atoms in total. The fraction of sp³-hybridized carbons (Fsp3) is 0.200. The Kier molecular flexibility index (Phi) is 5.23. The lowest BCUT2D eigenvalue weighted by atomic mass is 10.1. The number of hydrogen-bond donors (Lipinski definition) is 1. The third-order valence-electron chi connectivity index (χ3n) is 4.01. The van der Waals surface area contributed by atoms with Crippen LogP contribution in [0, 0.1) is 13.8 Å². The first-order chi connectivity index (χ1) is 12.5. The van der Waals surface area contributed by atoms with E-state index in [1.807, 2.05) is 32.0 Å². The molecule has 26 heavy (non-hydrogen) atoms. The fourth-order valence-electron chi connectivity index (χ4n) is 2.59. The maximum absolute atomic E-state index is 12.2. The molecule has 1 N–H and O–H groups in total. The minimum atomic E-state index is -0.228. The molecular formula is C20H20N2O3S. The van der Waals surface area contributed by atoms with E-state index in [1.165, 1.54) is 17.4 Å². The number of aryl methyl sites for hydroxylation is 2. The zero-order valence-corrected chi connectivity index (χ0v) is 15.9. The van der Waals surface area contributed by atoms with Crippen molar-refractivity contribution in [2.75, 3.05) is 19.5 Å². The Hall–Kier alpha value is -2.86. The van der Waals surface area contributed by atoms with Crippen LogP contribution >= 0.6 is 11.3 Å². The molecule has 0 bridgehead atoms. The van der Waals surface area contributed by atoms with Crippen LogP contribution in [0.3, 0.4) is 0 Å².